The van der Waals surface area contributed by atoms with E-state index in [4.69, 9.17) is 0 Å². The molecule has 12 heteroatoms. The van der Waals surface area contributed by atoms with Crippen LogP contribution in [0.2, 0.25) is 0 Å². The third-order valence-electron chi connectivity index (χ3n) is 2.57. The highest BCUT2D eigenvalue weighted by Crippen LogP contribution is 2.07. The molecule has 2 aromatic rings. The topological polar surface area (TPSA) is 133 Å². The van der Waals surface area contributed by atoms with Crippen molar-refractivity contribution in [3.63, 3.8) is 0 Å². The molecule has 2 aromatic heterocycles. The SMILES string of the molecule is Cc1nn(C)c(F)c1/C=N/NC(=O)Cn1cnc([N+](=O)[O-])n1. The first kappa shape index (κ1) is 15.2. The summed E-state index contributed by atoms with van der Waals surface area (Å²) in [5.74, 6) is -1.79. The largest absolute Gasteiger partial charge is 0.490 e. The first-order valence-corrected chi connectivity index (χ1v) is 5.93. The van der Waals surface area contributed by atoms with Crippen molar-refractivity contribution in [2.75, 3.05) is 0 Å². The fourth-order valence-corrected chi connectivity index (χ4v) is 1.59. The number of carbonyl (C=O) groups excluding carboxylic acids is 1. The van der Waals surface area contributed by atoms with Crippen LogP contribution in [-0.4, -0.2) is 41.6 Å². The van der Waals surface area contributed by atoms with Crippen molar-refractivity contribution in [2.45, 2.75) is 13.5 Å². The normalized spacial score (nSPS) is 11.0. The van der Waals surface area contributed by atoms with Crippen LogP contribution in [0.3, 0.4) is 0 Å². The fourth-order valence-electron chi connectivity index (χ4n) is 1.59. The molecule has 0 radical (unpaired) electrons. The van der Waals surface area contributed by atoms with E-state index >= 15 is 0 Å². The molecule has 1 amide bonds. The molecule has 0 aromatic carbocycles. The molecule has 0 aliphatic carbocycles. The Labute approximate surface area is 122 Å². The summed E-state index contributed by atoms with van der Waals surface area (Å²) in [6.07, 6.45) is 2.17. The van der Waals surface area contributed by atoms with Crippen molar-refractivity contribution < 1.29 is 14.1 Å². The molecule has 0 spiro atoms. The van der Waals surface area contributed by atoms with E-state index in [1.807, 2.05) is 0 Å². The third-order valence-corrected chi connectivity index (χ3v) is 2.57. The van der Waals surface area contributed by atoms with Crippen LogP contribution in [0.1, 0.15) is 11.3 Å². The standard InChI is InChI=1S/C10H11FN8O3/c1-6-7(9(11)17(2)15-6)3-13-14-8(20)4-18-5-12-10(16-18)19(21)22/h3,5H,4H2,1-2H3,(H,14,20)/b13-3+. The first-order valence-electron chi connectivity index (χ1n) is 5.93. The Morgan fingerprint density at radius 3 is 2.86 bits per heavy atom. The summed E-state index contributed by atoms with van der Waals surface area (Å²) < 4.78 is 15.6. The first-order chi connectivity index (χ1) is 10.4. The van der Waals surface area contributed by atoms with Gasteiger partial charge in [0.05, 0.1) is 17.5 Å². The lowest BCUT2D eigenvalue weighted by Crippen LogP contribution is -2.23. The van der Waals surface area contributed by atoms with E-state index in [9.17, 15) is 19.3 Å². The number of nitrogens with zero attached hydrogens (tertiary/aromatic N) is 7. The smallest absolute Gasteiger partial charge is 0.390 e. The quantitative estimate of drug-likeness (QED) is 0.450. The molecule has 1 N–H and O–H groups in total. The number of hydrazone groups is 1. The third kappa shape index (κ3) is 3.28. The van der Waals surface area contributed by atoms with Crippen molar-refractivity contribution in [1.29, 1.82) is 0 Å². The molecule has 22 heavy (non-hydrogen) atoms. The molecule has 2 heterocycles. The second-order valence-electron chi connectivity index (χ2n) is 4.21. The molecule has 2 rings (SSSR count). The molecular formula is C10H11FN8O3. The number of rotatable bonds is 5. The number of aryl methyl sites for hydroxylation is 2. The summed E-state index contributed by atoms with van der Waals surface area (Å²) >= 11 is 0. The van der Waals surface area contributed by atoms with Crippen molar-refractivity contribution >= 4 is 18.1 Å². The zero-order chi connectivity index (χ0) is 16.3. The minimum atomic E-state index is -0.777. The van der Waals surface area contributed by atoms with Gasteiger partial charge in [0.25, 0.3) is 5.91 Å². The molecule has 0 aliphatic rings. The Morgan fingerprint density at radius 2 is 2.32 bits per heavy atom. The predicted molar refractivity (Wildman–Crippen MR) is 70.3 cm³/mol. The maximum absolute atomic E-state index is 13.6. The number of nitro groups is 1. The second-order valence-corrected chi connectivity index (χ2v) is 4.21. The minimum Gasteiger partial charge on any atom is -0.390 e. The number of aromatic nitrogens is 5. The van der Waals surface area contributed by atoms with Crippen LogP contribution in [0.4, 0.5) is 10.3 Å². The van der Waals surface area contributed by atoms with Gasteiger partial charge in [-0.1, -0.05) is 4.98 Å². The lowest BCUT2D eigenvalue weighted by molar-refractivity contribution is -0.394. The van der Waals surface area contributed by atoms with Gasteiger partial charge < -0.3 is 10.1 Å². The maximum Gasteiger partial charge on any atom is 0.490 e. The molecule has 0 bridgehead atoms. The van der Waals surface area contributed by atoms with E-state index in [2.05, 4.69) is 25.7 Å². The molecule has 0 fully saturated rings. The molecule has 11 nitrogen and oxygen atoms in total. The molecule has 0 atom stereocenters. The number of nitrogens with one attached hydrogen (secondary N) is 1. The zero-order valence-electron chi connectivity index (χ0n) is 11.6. The fraction of sp³-hybridized carbons (Fsp3) is 0.300. The van der Waals surface area contributed by atoms with Crippen LogP contribution in [0, 0.1) is 23.0 Å². The van der Waals surface area contributed by atoms with Gasteiger partial charge >= 0.3 is 5.95 Å². The van der Waals surface area contributed by atoms with Crippen LogP contribution >= 0.6 is 0 Å². The molecule has 0 aliphatic heterocycles. The predicted octanol–water partition coefficient (Wildman–Crippen LogP) is -0.482. The van der Waals surface area contributed by atoms with Gasteiger partial charge in [-0.15, -0.1) is 0 Å². The van der Waals surface area contributed by atoms with Crippen LogP contribution in [-0.2, 0) is 18.4 Å². The number of hydrogen-bond acceptors (Lipinski definition) is 7. The van der Waals surface area contributed by atoms with E-state index < -0.39 is 22.7 Å². The van der Waals surface area contributed by atoms with E-state index in [1.54, 1.807) is 6.92 Å². The number of carbonyl (C=O) groups is 1. The van der Waals surface area contributed by atoms with Crippen LogP contribution in [0.15, 0.2) is 11.4 Å². The van der Waals surface area contributed by atoms with Gasteiger partial charge in [-0.2, -0.15) is 19.3 Å². The van der Waals surface area contributed by atoms with Crippen molar-refractivity contribution in [1.82, 2.24) is 30.0 Å². The second kappa shape index (κ2) is 6.07. The van der Waals surface area contributed by atoms with Gasteiger partial charge in [0.15, 0.2) is 0 Å². The highest BCUT2D eigenvalue weighted by molar-refractivity contribution is 5.83. The van der Waals surface area contributed by atoms with Gasteiger partial charge in [0.1, 0.15) is 6.54 Å². The minimum absolute atomic E-state index is 0.152. The van der Waals surface area contributed by atoms with Gasteiger partial charge in [-0.25, -0.2) is 10.1 Å². The van der Waals surface area contributed by atoms with E-state index in [0.29, 0.717) is 5.69 Å². The Bertz CT molecular complexity index is 749. The van der Waals surface area contributed by atoms with Crippen LogP contribution < -0.4 is 5.43 Å². The number of hydrogen-bond donors (Lipinski definition) is 1. The lowest BCUT2D eigenvalue weighted by atomic mass is 10.3. The average Bonchev–Trinajstić information content (AvgIpc) is 2.99. The summed E-state index contributed by atoms with van der Waals surface area (Å²) in [5.41, 5.74) is 2.72. The van der Waals surface area contributed by atoms with Gasteiger partial charge in [0, 0.05) is 12.1 Å². The van der Waals surface area contributed by atoms with E-state index in [1.165, 1.54) is 7.05 Å². The van der Waals surface area contributed by atoms with Crippen LogP contribution in [0.5, 0.6) is 0 Å². The monoisotopic (exact) mass is 310 g/mol. The van der Waals surface area contributed by atoms with Gasteiger partial charge in [0.2, 0.25) is 12.3 Å². The molecular weight excluding hydrogens is 299 g/mol. The molecule has 116 valence electrons. The lowest BCUT2D eigenvalue weighted by Gasteiger charge is -1.96. The van der Waals surface area contributed by atoms with Crippen molar-refractivity contribution in [3.05, 3.63) is 33.6 Å². The van der Waals surface area contributed by atoms with E-state index in [-0.39, 0.29) is 12.1 Å². The van der Waals surface area contributed by atoms with Crippen LogP contribution in [0.25, 0.3) is 0 Å². The Kier molecular flexibility index (Phi) is 4.20. The maximum atomic E-state index is 13.6. The number of amides is 1. The van der Waals surface area contributed by atoms with Crippen molar-refractivity contribution in [2.24, 2.45) is 12.1 Å². The van der Waals surface area contributed by atoms with Crippen molar-refractivity contribution in [3.8, 4) is 0 Å². The average molecular weight is 310 g/mol. The summed E-state index contributed by atoms with van der Waals surface area (Å²) in [7, 11) is 1.44. The Hall–Kier alpha value is -3.18. The Balaban J connectivity index is 1.94. The highest BCUT2D eigenvalue weighted by atomic mass is 19.1. The summed E-state index contributed by atoms with van der Waals surface area (Å²) in [6, 6.07) is 0. The van der Waals surface area contributed by atoms with E-state index in [0.717, 1.165) is 21.9 Å². The Morgan fingerprint density at radius 1 is 1.59 bits per heavy atom. The summed E-state index contributed by atoms with van der Waals surface area (Å²) in [4.78, 5) is 24.6. The number of halogens is 1. The molecule has 0 saturated carbocycles. The molecule has 0 saturated heterocycles. The summed E-state index contributed by atoms with van der Waals surface area (Å²) in [6.45, 7) is 1.29. The van der Waals surface area contributed by atoms with Gasteiger partial charge in [-0.3, -0.25) is 4.79 Å². The van der Waals surface area contributed by atoms with Gasteiger partial charge in [-0.05, 0) is 11.8 Å². The zero-order valence-corrected chi connectivity index (χ0v) is 11.6. The summed E-state index contributed by atoms with van der Waals surface area (Å²) in [5, 5.41) is 21.3. The highest BCUT2D eigenvalue weighted by Gasteiger charge is 2.15. The molecule has 0 unspecified atom stereocenters.